The zero-order valence-electron chi connectivity index (χ0n) is 10.3. The molecule has 0 spiro atoms. The van der Waals surface area contributed by atoms with Crippen molar-refractivity contribution < 1.29 is 9.13 Å². The second-order valence-electron chi connectivity index (χ2n) is 4.11. The number of ether oxygens (including phenoxy) is 1. The summed E-state index contributed by atoms with van der Waals surface area (Å²) < 4.78 is 19.1. The van der Waals surface area contributed by atoms with Crippen LogP contribution in [-0.2, 0) is 0 Å². The van der Waals surface area contributed by atoms with Gasteiger partial charge in [0.1, 0.15) is 11.6 Å². The molecule has 2 aromatic carbocycles. The summed E-state index contributed by atoms with van der Waals surface area (Å²) in [5, 5.41) is -0.490. The molecule has 0 aliphatic carbocycles. The van der Waals surface area contributed by atoms with E-state index in [0.29, 0.717) is 11.1 Å². The van der Waals surface area contributed by atoms with E-state index in [-0.39, 0.29) is 5.82 Å². The van der Waals surface area contributed by atoms with Crippen molar-refractivity contribution in [3.63, 3.8) is 0 Å². The quantitative estimate of drug-likeness (QED) is 0.743. The lowest BCUT2D eigenvalue weighted by molar-refractivity contribution is 0.414. The van der Waals surface area contributed by atoms with Crippen molar-refractivity contribution >= 4 is 11.6 Å². The Kier molecular flexibility index (Phi) is 3.87. The van der Waals surface area contributed by atoms with E-state index in [9.17, 15) is 4.39 Å². The summed E-state index contributed by atoms with van der Waals surface area (Å²) in [5.41, 5.74) is 1.95. The van der Waals surface area contributed by atoms with Gasteiger partial charge in [0.15, 0.2) is 0 Å². The molecule has 0 saturated heterocycles. The van der Waals surface area contributed by atoms with Crippen LogP contribution < -0.4 is 4.74 Å². The first kappa shape index (κ1) is 12.9. The van der Waals surface area contributed by atoms with Crippen molar-refractivity contribution in [2.24, 2.45) is 0 Å². The zero-order valence-corrected chi connectivity index (χ0v) is 11.0. The third kappa shape index (κ3) is 2.49. The number of rotatable bonds is 3. The molecule has 1 nitrogen and oxygen atoms in total. The minimum atomic E-state index is -0.490. The van der Waals surface area contributed by atoms with Gasteiger partial charge in [-0.3, -0.25) is 0 Å². The number of methoxy groups -OCH3 is 1. The summed E-state index contributed by atoms with van der Waals surface area (Å²) in [4.78, 5) is 0. The molecule has 2 aromatic rings. The fourth-order valence-electron chi connectivity index (χ4n) is 1.82. The number of aryl methyl sites for hydroxylation is 1. The first-order chi connectivity index (χ1) is 8.63. The molecule has 1 atom stereocenters. The van der Waals surface area contributed by atoms with Crippen molar-refractivity contribution in [3.8, 4) is 5.75 Å². The molecule has 0 amide bonds. The molecule has 0 aliphatic heterocycles. The van der Waals surface area contributed by atoms with Crippen LogP contribution in [-0.4, -0.2) is 7.11 Å². The minimum Gasteiger partial charge on any atom is -0.497 e. The monoisotopic (exact) mass is 264 g/mol. The Bertz CT molecular complexity index is 537. The van der Waals surface area contributed by atoms with Crippen molar-refractivity contribution in [1.29, 1.82) is 0 Å². The molecule has 1 unspecified atom stereocenters. The summed E-state index contributed by atoms with van der Waals surface area (Å²) in [6.45, 7) is 1.73. The molecule has 0 radical (unpaired) electrons. The van der Waals surface area contributed by atoms with E-state index >= 15 is 0 Å². The molecule has 0 aromatic heterocycles. The molecule has 0 saturated carbocycles. The van der Waals surface area contributed by atoms with Crippen LogP contribution in [0.15, 0.2) is 42.5 Å². The summed E-state index contributed by atoms with van der Waals surface area (Å²) in [7, 11) is 1.60. The molecule has 0 fully saturated rings. The van der Waals surface area contributed by atoms with Crippen molar-refractivity contribution in [2.45, 2.75) is 12.3 Å². The van der Waals surface area contributed by atoms with Crippen molar-refractivity contribution in [1.82, 2.24) is 0 Å². The lowest BCUT2D eigenvalue weighted by Gasteiger charge is -2.13. The zero-order chi connectivity index (χ0) is 13.1. The molecule has 0 heterocycles. The van der Waals surface area contributed by atoms with Crippen LogP contribution >= 0.6 is 11.6 Å². The largest absolute Gasteiger partial charge is 0.497 e. The lowest BCUT2D eigenvalue weighted by atomic mass is 10.0. The second kappa shape index (κ2) is 5.40. The maximum absolute atomic E-state index is 14.0. The summed E-state index contributed by atoms with van der Waals surface area (Å²) >= 11 is 6.32. The van der Waals surface area contributed by atoms with Crippen LogP contribution in [0, 0.1) is 12.7 Å². The van der Waals surface area contributed by atoms with E-state index in [1.54, 1.807) is 26.2 Å². The fourth-order valence-corrected chi connectivity index (χ4v) is 2.13. The number of halogens is 2. The molecular formula is C15H14ClFO. The molecule has 0 N–H and O–H groups in total. The summed E-state index contributed by atoms with van der Waals surface area (Å²) in [5.74, 6) is 0.514. The van der Waals surface area contributed by atoms with Gasteiger partial charge in [-0.2, -0.15) is 0 Å². The maximum Gasteiger partial charge on any atom is 0.131 e. The third-order valence-electron chi connectivity index (χ3n) is 2.90. The molecule has 0 aliphatic rings. The Morgan fingerprint density at radius 2 is 1.78 bits per heavy atom. The minimum absolute atomic E-state index is 0.242. The van der Waals surface area contributed by atoms with Gasteiger partial charge < -0.3 is 4.74 Å². The predicted molar refractivity (Wildman–Crippen MR) is 71.8 cm³/mol. The molecular weight excluding hydrogens is 251 g/mol. The Balaban J connectivity index is 2.35. The van der Waals surface area contributed by atoms with Gasteiger partial charge in [-0.1, -0.05) is 30.3 Å². The van der Waals surface area contributed by atoms with Gasteiger partial charge in [0.2, 0.25) is 0 Å². The van der Waals surface area contributed by atoms with Crippen LogP contribution in [0.4, 0.5) is 4.39 Å². The average molecular weight is 265 g/mol. The van der Waals surface area contributed by atoms with E-state index in [2.05, 4.69) is 0 Å². The predicted octanol–water partition coefficient (Wildman–Crippen LogP) is 4.47. The van der Waals surface area contributed by atoms with Crippen LogP contribution in [0.5, 0.6) is 5.75 Å². The van der Waals surface area contributed by atoms with Crippen LogP contribution in [0.3, 0.4) is 0 Å². The lowest BCUT2D eigenvalue weighted by Crippen LogP contribution is -1.98. The molecule has 18 heavy (non-hydrogen) atoms. The van der Waals surface area contributed by atoms with Crippen LogP contribution in [0.25, 0.3) is 0 Å². The number of alkyl halides is 1. The van der Waals surface area contributed by atoms with E-state index in [0.717, 1.165) is 11.3 Å². The highest BCUT2D eigenvalue weighted by Crippen LogP contribution is 2.32. The average Bonchev–Trinajstić information content (AvgIpc) is 2.41. The normalized spacial score (nSPS) is 12.2. The molecule has 3 heteroatoms. The van der Waals surface area contributed by atoms with Gasteiger partial charge in [0, 0.05) is 5.56 Å². The molecule has 94 valence electrons. The van der Waals surface area contributed by atoms with Gasteiger partial charge in [-0.15, -0.1) is 11.6 Å². The Morgan fingerprint density at radius 3 is 2.39 bits per heavy atom. The summed E-state index contributed by atoms with van der Waals surface area (Å²) in [6, 6.07) is 12.6. The highest BCUT2D eigenvalue weighted by atomic mass is 35.5. The molecule has 0 bridgehead atoms. The van der Waals surface area contributed by atoms with Gasteiger partial charge >= 0.3 is 0 Å². The van der Waals surface area contributed by atoms with Gasteiger partial charge in [0.05, 0.1) is 12.5 Å². The maximum atomic E-state index is 14.0. The van der Waals surface area contributed by atoms with Crippen molar-refractivity contribution in [3.05, 3.63) is 65.0 Å². The SMILES string of the molecule is COc1ccc(C(Cl)c2cccc(C)c2F)cc1. The van der Waals surface area contributed by atoms with Gasteiger partial charge in [-0.25, -0.2) is 4.39 Å². The smallest absolute Gasteiger partial charge is 0.131 e. The standard InChI is InChI=1S/C15H14ClFO/c1-10-4-3-5-13(15(10)17)14(16)11-6-8-12(18-2)9-7-11/h3-9,14H,1-2H3. The Morgan fingerprint density at radius 1 is 1.11 bits per heavy atom. The Hall–Kier alpha value is -1.54. The van der Waals surface area contributed by atoms with Gasteiger partial charge in [0.25, 0.3) is 0 Å². The van der Waals surface area contributed by atoms with Crippen LogP contribution in [0.1, 0.15) is 22.1 Å². The topological polar surface area (TPSA) is 9.23 Å². The highest BCUT2D eigenvalue weighted by molar-refractivity contribution is 6.22. The van der Waals surface area contributed by atoms with E-state index < -0.39 is 5.38 Å². The number of hydrogen-bond acceptors (Lipinski definition) is 1. The van der Waals surface area contributed by atoms with E-state index in [1.165, 1.54) is 0 Å². The second-order valence-corrected chi connectivity index (χ2v) is 4.55. The number of hydrogen-bond donors (Lipinski definition) is 0. The van der Waals surface area contributed by atoms with Crippen LogP contribution in [0.2, 0.25) is 0 Å². The van der Waals surface area contributed by atoms with E-state index in [1.807, 2.05) is 30.3 Å². The fraction of sp³-hybridized carbons (Fsp3) is 0.200. The Labute approximate surface area is 111 Å². The molecule has 2 rings (SSSR count). The summed E-state index contributed by atoms with van der Waals surface area (Å²) in [6.07, 6.45) is 0. The van der Waals surface area contributed by atoms with Gasteiger partial charge in [-0.05, 0) is 30.2 Å². The van der Waals surface area contributed by atoms with Crippen molar-refractivity contribution in [2.75, 3.05) is 7.11 Å². The van der Waals surface area contributed by atoms with E-state index in [4.69, 9.17) is 16.3 Å². The third-order valence-corrected chi connectivity index (χ3v) is 3.39. The highest BCUT2D eigenvalue weighted by Gasteiger charge is 2.16. The number of benzene rings is 2. The first-order valence-electron chi connectivity index (χ1n) is 5.66. The first-order valence-corrected chi connectivity index (χ1v) is 6.10.